The van der Waals surface area contributed by atoms with Gasteiger partial charge in [-0.1, -0.05) is 20.8 Å². The summed E-state index contributed by atoms with van der Waals surface area (Å²) in [5.41, 5.74) is 6.33. The first kappa shape index (κ1) is 22.5. The Morgan fingerprint density at radius 2 is 1.97 bits per heavy atom. The van der Waals surface area contributed by atoms with Gasteiger partial charge in [0.1, 0.15) is 12.0 Å². The van der Waals surface area contributed by atoms with Gasteiger partial charge in [-0.3, -0.25) is 15.1 Å². The molecular formula is C25H32N8O. The zero-order valence-electron chi connectivity index (χ0n) is 20.3. The lowest BCUT2D eigenvalue weighted by Gasteiger charge is -2.31. The first-order valence-corrected chi connectivity index (χ1v) is 12.1. The van der Waals surface area contributed by atoms with Crippen LogP contribution in [0.2, 0.25) is 0 Å². The van der Waals surface area contributed by atoms with Gasteiger partial charge in [0.05, 0.1) is 30.4 Å². The van der Waals surface area contributed by atoms with Crippen LogP contribution in [0.3, 0.4) is 0 Å². The van der Waals surface area contributed by atoms with Gasteiger partial charge in [0.2, 0.25) is 0 Å². The van der Waals surface area contributed by atoms with Crippen molar-refractivity contribution in [1.82, 2.24) is 39.7 Å². The van der Waals surface area contributed by atoms with Crippen LogP contribution in [0.5, 0.6) is 5.75 Å². The number of H-pyrrole nitrogens is 1. The Kier molecular flexibility index (Phi) is 6.28. The van der Waals surface area contributed by atoms with Crippen LogP contribution in [-0.4, -0.2) is 66.4 Å². The molecule has 5 heterocycles. The highest BCUT2D eigenvalue weighted by molar-refractivity contribution is 5.75. The Morgan fingerprint density at radius 1 is 1.15 bits per heavy atom. The van der Waals surface area contributed by atoms with Gasteiger partial charge in [-0.05, 0) is 50.9 Å². The van der Waals surface area contributed by atoms with Crippen molar-refractivity contribution in [3.8, 4) is 28.4 Å². The average molecular weight is 461 g/mol. The molecule has 1 fully saturated rings. The summed E-state index contributed by atoms with van der Waals surface area (Å²) in [4.78, 5) is 16.4. The molecule has 5 rings (SSSR count). The number of piperidine rings is 1. The minimum atomic E-state index is 0.227. The van der Waals surface area contributed by atoms with Crippen LogP contribution in [0.25, 0.3) is 28.3 Å². The van der Waals surface area contributed by atoms with Crippen LogP contribution in [-0.2, 0) is 0 Å². The molecule has 0 aromatic carbocycles. The molecule has 4 aromatic rings. The fraction of sp³-hybridized carbons (Fsp3) is 0.480. The zero-order chi connectivity index (χ0) is 23.7. The lowest BCUT2D eigenvalue weighted by molar-refractivity contribution is 0.211. The van der Waals surface area contributed by atoms with Crippen LogP contribution in [0, 0.1) is 0 Å². The maximum atomic E-state index is 5.54. The first-order chi connectivity index (χ1) is 16.6. The Balaban J connectivity index is 1.44. The van der Waals surface area contributed by atoms with E-state index in [-0.39, 0.29) is 5.92 Å². The molecule has 34 heavy (non-hydrogen) atoms. The Labute approximate surface area is 199 Å². The van der Waals surface area contributed by atoms with Gasteiger partial charge in [0.25, 0.3) is 0 Å². The summed E-state index contributed by atoms with van der Waals surface area (Å²) in [6.45, 7) is 10.0. The van der Waals surface area contributed by atoms with E-state index in [9.17, 15) is 0 Å². The van der Waals surface area contributed by atoms with E-state index in [4.69, 9.17) is 14.7 Å². The lowest BCUT2D eigenvalue weighted by Crippen LogP contribution is -2.33. The van der Waals surface area contributed by atoms with Crippen molar-refractivity contribution in [1.29, 1.82) is 0 Å². The maximum absolute atomic E-state index is 5.54. The standard InChI is InChI=1S/C25H32N8O/c1-5-8-32-9-6-17(7-10-32)19-12-27-20(13-26-19)24-22(16(2)3)23(30-31-24)18-11-21(34-4)25-28-15-29-33(25)14-18/h11-17H,5-10H2,1-4H3,(H,30,31). The van der Waals surface area contributed by atoms with E-state index >= 15 is 0 Å². The second kappa shape index (κ2) is 9.50. The molecule has 0 unspecified atom stereocenters. The van der Waals surface area contributed by atoms with Crippen molar-refractivity contribution < 1.29 is 4.74 Å². The van der Waals surface area contributed by atoms with E-state index in [2.05, 4.69) is 46.0 Å². The zero-order valence-corrected chi connectivity index (χ0v) is 20.3. The van der Waals surface area contributed by atoms with Crippen LogP contribution in [0.15, 0.2) is 31.0 Å². The largest absolute Gasteiger partial charge is 0.493 e. The molecule has 1 saturated heterocycles. The Bertz CT molecular complexity index is 1250. The van der Waals surface area contributed by atoms with Gasteiger partial charge in [-0.2, -0.15) is 10.2 Å². The summed E-state index contributed by atoms with van der Waals surface area (Å²) in [5, 5.41) is 12.2. The van der Waals surface area contributed by atoms with E-state index in [0.29, 0.717) is 17.3 Å². The molecule has 1 N–H and O–H groups in total. The Hall–Kier alpha value is -3.33. The monoisotopic (exact) mass is 460 g/mol. The molecule has 1 aliphatic rings. The fourth-order valence-corrected chi connectivity index (χ4v) is 4.95. The SMILES string of the molecule is CCCN1CCC(c2cnc(-c3[nH]nc(-c4cc(OC)c5ncnn5c4)c3C(C)C)cn2)CC1. The number of hydrogen-bond acceptors (Lipinski definition) is 7. The normalized spacial score (nSPS) is 15.4. The fourth-order valence-electron chi connectivity index (χ4n) is 4.95. The van der Waals surface area contributed by atoms with Crippen molar-refractivity contribution in [2.45, 2.75) is 51.9 Å². The van der Waals surface area contributed by atoms with E-state index in [1.807, 2.05) is 24.7 Å². The summed E-state index contributed by atoms with van der Waals surface area (Å²) in [7, 11) is 1.64. The van der Waals surface area contributed by atoms with Gasteiger partial charge in [0, 0.05) is 29.4 Å². The second-order valence-corrected chi connectivity index (χ2v) is 9.28. The van der Waals surface area contributed by atoms with Gasteiger partial charge in [-0.15, -0.1) is 0 Å². The molecular weight excluding hydrogens is 428 g/mol. The number of ether oxygens (including phenoxy) is 1. The predicted octanol–water partition coefficient (Wildman–Crippen LogP) is 4.30. The number of nitrogens with zero attached hydrogens (tertiary/aromatic N) is 7. The lowest BCUT2D eigenvalue weighted by atomic mass is 9.93. The molecule has 0 atom stereocenters. The van der Waals surface area contributed by atoms with Crippen LogP contribution in [0.1, 0.15) is 63.1 Å². The predicted molar refractivity (Wildman–Crippen MR) is 131 cm³/mol. The third-order valence-corrected chi connectivity index (χ3v) is 6.69. The van der Waals surface area contributed by atoms with Crippen LogP contribution >= 0.6 is 0 Å². The number of rotatable bonds is 7. The topological polar surface area (TPSA) is 97.1 Å². The molecule has 9 nitrogen and oxygen atoms in total. The molecule has 0 bridgehead atoms. The number of likely N-dealkylation sites (tertiary alicyclic amines) is 1. The molecule has 178 valence electrons. The van der Waals surface area contributed by atoms with E-state index in [0.717, 1.165) is 59.8 Å². The number of pyridine rings is 1. The van der Waals surface area contributed by atoms with E-state index < -0.39 is 0 Å². The summed E-state index contributed by atoms with van der Waals surface area (Å²) < 4.78 is 7.26. The number of aromatic nitrogens is 7. The van der Waals surface area contributed by atoms with E-state index in [1.54, 1.807) is 11.6 Å². The highest BCUT2D eigenvalue weighted by atomic mass is 16.5. The first-order valence-electron chi connectivity index (χ1n) is 12.1. The van der Waals surface area contributed by atoms with Crippen molar-refractivity contribution in [3.63, 3.8) is 0 Å². The van der Waals surface area contributed by atoms with Gasteiger partial charge in [0.15, 0.2) is 11.4 Å². The summed E-state index contributed by atoms with van der Waals surface area (Å²) in [6, 6.07) is 1.95. The summed E-state index contributed by atoms with van der Waals surface area (Å²) >= 11 is 0. The highest BCUT2D eigenvalue weighted by Gasteiger charge is 2.24. The summed E-state index contributed by atoms with van der Waals surface area (Å²) in [6.07, 6.45) is 10.8. The quantitative estimate of drug-likeness (QED) is 0.439. The highest BCUT2D eigenvalue weighted by Crippen LogP contribution is 2.36. The molecule has 1 aliphatic heterocycles. The van der Waals surface area contributed by atoms with Gasteiger partial charge in [-0.25, -0.2) is 9.50 Å². The molecule has 4 aromatic heterocycles. The second-order valence-electron chi connectivity index (χ2n) is 9.28. The smallest absolute Gasteiger partial charge is 0.197 e. The van der Waals surface area contributed by atoms with Crippen LogP contribution in [0.4, 0.5) is 0 Å². The molecule has 0 amide bonds. The number of fused-ring (bicyclic) bond motifs is 1. The molecule has 0 saturated carbocycles. The third-order valence-electron chi connectivity index (χ3n) is 6.69. The molecule has 9 heteroatoms. The number of aromatic amines is 1. The number of hydrogen-bond donors (Lipinski definition) is 1. The number of methoxy groups -OCH3 is 1. The Morgan fingerprint density at radius 3 is 2.65 bits per heavy atom. The summed E-state index contributed by atoms with van der Waals surface area (Å²) in [5.74, 6) is 1.37. The van der Waals surface area contributed by atoms with Crippen molar-refractivity contribution in [2.75, 3.05) is 26.7 Å². The van der Waals surface area contributed by atoms with Crippen molar-refractivity contribution >= 4 is 5.65 Å². The van der Waals surface area contributed by atoms with Crippen molar-refractivity contribution in [3.05, 3.63) is 42.2 Å². The van der Waals surface area contributed by atoms with Crippen LogP contribution < -0.4 is 4.74 Å². The number of nitrogens with one attached hydrogen (secondary N) is 1. The maximum Gasteiger partial charge on any atom is 0.197 e. The van der Waals surface area contributed by atoms with Crippen molar-refractivity contribution in [2.24, 2.45) is 0 Å². The minimum Gasteiger partial charge on any atom is -0.493 e. The minimum absolute atomic E-state index is 0.227. The molecule has 0 spiro atoms. The molecule has 0 aliphatic carbocycles. The van der Waals surface area contributed by atoms with E-state index in [1.165, 1.54) is 19.3 Å². The van der Waals surface area contributed by atoms with Gasteiger partial charge < -0.3 is 9.64 Å². The third kappa shape index (κ3) is 4.16. The van der Waals surface area contributed by atoms with Gasteiger partial charge >= 0.3 is 0 Å². The average Bonchev–Trinajstić information content (AvgIpc) is 3.52. The molecule has 0 radical (unpaired) electrons.